The lowest BCUT2D eigenvalue weighted by Gasteiger charge is -2.13. The Morgan fingerprint density at radius 2 is 2.18 bits per heavy atom. The second kappa shape index (κ2) is 8.11. The molecule has 8 nitrogen and oxygen atoms in total. The molecule has 0 aliphatic rings. The van der Waals surface area contributed by atoms with Crippen molar-refractivity contribution in [2.75, 3.05) is 11.9 Å². The standard InChI is InChI=1S/C13H14ClN3O5/c1-2-5-15-11(13(19)20)7-12(18)16-10-6-8(17(21)22)3-4-9(10)14/h2-4,6,11,15H,1,5,7H2,(H,16,18)(H,19,20). The van der Waals surface area contributed by atoms with Crippen LogP contribution in [-0.2, 0) is 9.59 Å². The molecular formula is C13H14ClN3O5. The molecule has 0 fully saturated rings. The number of halogens is 1. The van der Waals surface area contributed by atoms with Crippen molar-refractivity contribution in [3.05, 3.63) is 46.0 Å². The fourth-order valence-electron chi connectivity index (χ4n) is 1.58. The summed E-state index contributed by atoms with van der Waals surface area (Å²) in [6.07, 6.45) is 1.10. The molecule has 0 aliphatic heterocycles. The van der Waals surface area contributed by atoms with Gasteiger partial charge >= 0.3 is 5.97 Å². The van der Waals surface area contributed by atoms with Crippen molar-refractivity contribution in [2.45, 2.75) is 12.5 Å². The first-order valence-corrected chi connectivity index (χ1v) is 6.53. The van der Waals surface area contributed by atoms with E-state index in [2.05, 4.69) is 17.2 Å². The summed E-state index contributed by atoms with van der Waals surface area (Å²) in [7, 11) is 0. The number of hydrogen-bond donors (Lipinski definition) is 3. The van der Waals surface area contributed by atoms with Crippen molar-refractivity contribution in [3.8, 4) is 0 Å². The maximum absolute atomic E-state index is 11.9. The van der Waals surface area contributed by atoms with Gasteiger partial charge in [0.05, 0.1) is 22.1 Å². The van der Waals surface area contributed by atoms with E-state index in [4.69, 9.17) is 16.7 Å². The minimum atomic E-state index is -1.19. The molecule has 0 bridgehead atoms. The number of anilines is 1. The van der Waals surface area contributed by atoms with Crippen LogP contribution in [0.1, 0.15) is 6.42 Å². The largest absolute Gasteiger partial charge is 0.480 e. The van der Waals surface area contributed by atoms with Gasteiger partial charge in [0.2, 0.25) is 5.91 Å². The van der Waals surface area contributed by atoms with Crippen molar-refractivity contribution in [1.29, 1.82) is 0 Å². The number of aliphatic carboxylic acids is 1. The van der Waals surface area contributed by atoms with E-state index in [1.165, 1.54) is 18.2 Å². The minimum Gasteiger partial charge on any atom is -0.480 e. The van der Waals surface area contributed by atoms with Crippen LogP contribution < -0.4 is 10.6 Å². The predicted molar refractivity (Wildman–Crippen MR) is 81.0 cm³/mol. The summed E-state index contributed by atoms with van der Waals surface area (Å²) >= 11 is 5.85. The van der Waals surface area contributed by atoms with Crippen LogP contribution in [0.4, 0.5) is 11.4 Å². The predicted octanol–water partition coefficient (Wildman–Crippen LogP) is 1.81. The van der Waals surface area contributed by atoms with E-state index in [0.29, 0.717) is 0 Å². The fourth-order valence-corrected chi connectivity index (χ4v) is 1.75. The number of carbonyl (C=O) groups excluding carboxylic acids is 1. The number of hydrogen-bond acceptors (Lipinski definition) is 5. The zero-order valence-electron chi connectivity index (χ0n) is 11.4. The molecule has 0 saturated carbocycles. The van der Waals surface area contributed by atoms with Crippen LogP contribution in [0.3, 0.4) is 0 Å². The van der Waals surface area contributed by atoms with Crippen molar-refractivity contribution >= 4 is 34.9 Å². The Morgan fingerprint density at radius 3 is 2.73 bits per heavy atom. The Morgan fingerprint density at radius 1 is 1.50 bits per heavy atom. The van der Waals surface area contributed by atoms with E-state index in [-0.39, 0.29) is 29.4 Å². The summed E-state index contributed by atoms with van der Waals surface area (Å²) in [4.78, 5) is 32.9. The number of rotatable bonds is 8. The molecule has 1 unspecified atom stereocenters. The first-order chi connectivity index (χ1) is 10.3. The van der Waals surface area contributed by atoms with Gasteiger partial charge in [-0.25, -0.2) is 0 Å². The molecule has 0 saturated heterocycles. The van der Waals surface area contributed by atoms with Crippen LogP contribution in [-0.4, -0.2) is 34.5 Å². The molecule has 0 radical (unpaired) electrons. The molecular weight excluding hydrogens is 314 g/mol. The summed E-state index contributed by atoms with van der Waals surface area (Å²) < 4.78 is 0. The summed E-state index contributed by atoms with van der Waals surface area (Å²) in [5.41, 5.74) is -0.187. The average molecular weight is 328 g/mol. The first kappa shape index (κ1) is 17.6. The number of nitrogens with one attached hydrogen (secondary N) is 2. The van der Waals surface area contributed by atoms with Gasteiger partial charge in [0.15, 0.2) is 0 Å². The van der Waals surface area contributed by atoms with Gasteiger partial charge in [0.25, 0.3) is 5.69 Å². The second-order valence-corrected chi connectivity index (χ2v) is 4.67. The van der Waals surface area contributed by atoms with Crippen LogP contribution in [0, 0.1) is 10.1 Å². The molecule has 3 N–H and O–H groups in total. The second-order valence-electron chi connectivity index (χ2n) is 4.26. The smallest absolute Gasteiger partial charge is 0.321 e. The molecule has 1 aromatic carbocycles. The van der Waals surface area contributed by atoms with Crippen molar-refractivity contribution in [1.82, 2.24) is 5.32 Å². The third-order valence-electron chi connectivity index (χ3n) is 2.63. The van der Waals surface area contributed by atoms with Crippen LogP contribution in [0.15, 0.2) is 30.9 Å². The fraction of sp³-hybridized carbons (Fsp3) is 0.231. The zero-order valence-corrected chi connectivity index (χ0v) is 12.2. The highest BCUT2D eigenvalue weighted by Crippen LogP contribution is 2.26. The van der Waals surface area contributed by atoms with E-state index in [0.717, 1.165) is 6.07 Å². The Balaban J connectivity index is 2.79. The van der Waals surface area contributed by atoms with Gasteiger partial charge in [-0.15, -0.1) is 6.58 Å². The molecule has 0 aliphatic carbocycles. The van der Waals surface area contributed by atoms with Crippen LogP contribution >= 0.6 is 11.6 Å². The number of non-ortho nitro benzene ring substituents is 1. The maximum atomic E-state index is 11.9. The number of carboxylic acid groups (broad SMARTS) is 1. The normalized spacial score (nSPS) is 11.5. The van der Waals surface area contributed by atoms with Gasteiger partial charge in [-0.1, -0.05) is 17.7 Å². The monoisotopic (exact) mass is 327 g/mol. The summed E-state index contributed by atoms with van der Waals surface area (Å²) in [6, 6.07) is 2.48. The van der Waals surface area contributed by atoms with E-state index >= 15 is 0 Å². The van der Waals surface area contributed by atoms with E-state index in [9.17, 15) is 19.7 Å². The first-order valence-electron chi connectivity index (χ1n) is 6.16. The zero-order chi connectivity index (χ0) is 16.7. The lowest BCUT2D eigenvalue weighted by molar-refractivity contribution is -0.384. The van der Waals surface area contributed by atoms with E-state index < -0.39 is 22.8 Å². The summed E-state index contributed by atoms with van der Waals surface area (Å²) in [5, 5.41) is 24.8. The Bertz CT molecular complexity index is 605. The van der Waals surface area contributed by atoms with Crippen LogP contribution in [0.5, 0.6) is 0 Å². The molecule has 0 heterocycles. The van der Waals surface area contributed by atoms with Crippen LogP contribution in [0.2, 0.25) is 5.02 Å². The topological polar surface area (TPSA) is 122 Å². The lowest BCUT2D eigenvalue weighted by atomic mass is 10.2. The van der Waals surface area contributed by atoms with Crippen molar-refractivity contribution in [2.24, 2.45) is 0 Å². The van der Waals surface area contributed by atoms with Gasteiger partial charge in [-0.05, 0) is 6.07 Å². The third kappa shape index (κ3) is 5.15. The lowest BCUT2D eigenvalue weighted by Crippen LogP contribution is -2.39. The van der Waals surface area contributed by atoms with Gasteiger partial charge in [-0.2, -0.15) is 0 Å². The Kier molecular flexibility index (Phi) is 6.48. The molecule has 1 amide bonds. The molecule has 1 rings (SSSR count). The van der Waals surface area contributed by atoms with Gasteiger partial charge in [0.1, 0.15) is 6.04 Å². The average Bonchev–Trinajstić information content (AvgIpc) is 2.45. The van der Waals surface area contributed by atoms with Gasteiger partial charge < -0.3 is 15.7 Å². The minimum absolute atomic E-state index is 0.0497. The SMILES string of the molecule is C=CCNC(CC(=O)Nc1cc([N+](=O)[O-])ccc1Cl)C(=O)O. The Hall–Kier alpha value is -2.45. The van der Waals surface area contributed by atoms with E-state index in [1.54, 1.807) is 0 Å². The Labute approximate surface area is 130 Å². The van der Waals surface area contributed by atoms with Crippen molar-refractivity contribution < 1.29 is 19.6 Å². The third-order valence-corrected chi connectivity index (χ3v) is 2.96. The molecule has 0 aromatic heterocycles. The van der Waals surface area contributed by atoms with E-state index in [1.807, 2.05) is 0 Å². The maximum Gasteiger partial charge on any atom is 0.321 e. The number of carbonyl (C=O) groups is 2. The summed E-state index contributed by atoms with van der Waals surface area (Å²) in [5.74, 6) is -1.83. The number of nitrogens with zero attached hydrogens (tertiary/aromatic N) is 1. The van der Waals surface area contributed by atoms with Gasteiger partial charge in [0, 0.05) is 18.7 Å². The molecule has 1 aromatic rings. The number of amides is 1. The molecule has 22 heavy (non-hydrogen) atoms. The van der Waals surface area contributed by atoms with Gasteiger partial charge in [-0.3, -0.25) is 19.7 Å². The number of nitro benzene ring substituents is 1. The summed E-state index contributed by atoms with van der Waals surface area (Å²) in [6.45, 7) is 3.66. The molecule has 1 atom stereocenters. The number of carboxylic acids is 1. The highest BCUT2D eigenvalue weighted by Gasteiger charge is 2.21. The molecule has 118 valence electrons. The quantitative estimate of drug-likeness (QED) is 0.380. The number of benzene rings is 1. The number of nitro groups is 1. The molecule has 9 heteroatoms. The van der Waals surface area contributed by atoms with Crippen molar-refractivity contribution in [3.63, 3.8) is 0 Å². The van der Waals surface area contributed by atoms with Crippen LogP contribution in [0.25, 0.3) is 0 Å². The molecule has 0 spiro atoms. The highest BCUT2D eigenvalue weighted by molar-refractivity contribution is 6.33. The highest BCUT2D eigenvalue weighted by atomic mass is 35.5.